The highest BCUT2D eigenvalue weighted by molar-refractivity contribution is 5.29. The molecule has 1 atom stereocenters. The summed E-state index contributed by atoms with van der Waals surface area (Å²) in [5, 5.41) is 3.36. The number of halogens is 2. The van der Waals surface area contributed by atoms with Crippen LogP contribution in [0.5, 0.6) is 5.75 Å². The SMILES string of the molecule is CCCC[C@H](c1ccc(OC(F)F)cc1)N1CCNCC1. The minimum atomic E-state index is -2.76. The second-order valence-electron chi connectivity index (χ2n) is 5.39. The lowest BCUT2D eigenvalue weighted by Gasteiger charge is -2.35. The molecule has 0 amide bonds. The van der Waals surface area contributed by atoms with Crippen molar-refractivity contribution in [3.63, 3.8) is 0 Å². The first-order valence-corrected chi connectivity index (χ1v) is 7.70. The maximum Gasteiger partial charge on any atom is 0.387 e. The lowest BCUT2D eigenvalue weighted by atomic mass is 9.98. The number of hydrogen-bond acceptors (Lipinski definition) is 3. The second-order valence-corrected chi connectivity index (χ2v) is 5.39. The molecule has 2 rings (SSSR count). The van der Waals surface area contributed by atoms with Crippen LogP contribution in [0.4, 0.5) is 8.78 Å². The summed E-state index contributed by atoms with van der Waals surface area (Å²) in [5.41, 5.74) is 1.19. The van der Waals surface area contributed by atoms with Crippen LogP contribution in [0, 0.1) is 0 Å². The van der Waals surface area contributed by atoms with Crippen molar-refractivity contribution in [1.29, 1.82) is 0 Å². The molecule has 1 aliphatic heterocycles. The van der Waals surface area contributed by atoms with E-state index in [4.69, 9.17) is 0 Å². The molecule has 1 aliphatic rings. The van der Waals surface area contributed by atoms with Gasteiger partial charge in [-0.25, -0.2) is 0 Å². The van der Waals surface area contributed by atoms with Crippen LogP contribution in [0.1, 0.15) is 37.8 Å². The Morgan fingerprint density at radius 2 is 1.86 bits per heavy atom. The van der Waals surface area contributed by atoms with Crippen LogP contribution < -0.4 is 10.1 Å². The molecule has 0 aromatic heterocycles. The van der Waals surface area contributed by atoms with Crippen molar-refractivity contribution in [2.45, 2.75) is 38.8 Å². The van der Waals surface area contributed by atoms with Crippen LogP contribution in [0.15, 0.2) is 24.3 Å². The van der Waals surface area contributed by atoms with Crippen molar-refractivity contribution < 1.29 is 13.5 Å². The summed E-state index contributed by atoms with van der Waals surface area (Å²) in [6.07, 6.45) is 3.44. The third-order valence-electron chi connectivity index (χ3n) is 3.91. The fraction of sp³-hybridized carbons (Fsp3) is 0.625. The van der Waals surface area contributed by atoms with Crippen molar-refractivity contribution in [3.05, 3.63) is 29.8 Å². The molecule has 0 bridgehead atoms. The Labute approximate surface area is 125 Å². The summed E-state index contributed by atoms with van der Waals surface area (Å²) in [7, 11) is 0. The van der Waals surface area contributed by atoms with Gasteiger partial charge in [-0.3, -0.25) is 4.90 Å². The van der Waals surface area contributed by atoms with E-state index in [9.17, 15) is 8.78 Å². The highest BCUT2D eigenvalue weighted by atomic mass is 19.3. The maximum absolute atomic E-state index is 12.2. The van der Waals surface area contributed by atoms with E-state index in [0.29, 0.717) is 6.04 Å². The first-order chi connectivity index (χ1) is 10.2. The molecule has 1 heterocycles. The summed E-state index contributed by atoms with van der Waals surface area (Å²) < 4.78 is 28.8. The Balaban J connectivity index is 2.07. The largest absolute Gasteiger partial charge is 0.435 e. The van der Waals surface area contributed by atoms with Gasteiger partial charge in [-0.05, 0) is 24.1 Å². The number of benzene rings is 1. The van der Waals surface area contributed by atoms with Gasteiger partial charge in [0.2, 0.25) is 0 Å². The topological polar surface area (TPSA) is 24.5 Å². The molecule has 118 valence electrons. The first kappa shape index (κ1) is 16.2. The number of nitrogens with one attached hydrogen (secondary N) is 1. The van der Waals surface area contributed by atoms with Crippen molar-refractivity contribution in [2.75, 3.05) is 26.2 Å². The number of unbranched alkanes of at least 4 members (excludes halogenated alkanes) is 1. The minimum Gasteiger partial charge on any atom is -0.435 e. The highest BCUT2D eigenvalue weighted by Gasteiger charge is 2.21. The second kappa shape index (κ2) is 8.29. The quantitative estimate of drug-likeness (QED) is 0.834. The molecule has 1 N–H and O–H groups in total. The molecule has 1 aromatic carbocycles. The Bertz CT molecular complexity index is 405. The summed E-state index contributed by atoms with van der Waals surface area (Å²) in [6.45, 7) is 3.51. The number of piperazine rings is 1. The fourth-order valence-electron chi connectivity index (χ4n) is 2.82. The summed E-state index contributed by atoms with van der Waals surface area (Å²) >= 11 is 0. The average molecular weight is 298 g/mol. The van der Waals surface area contributed by atoms with Gasteiger partial charge in [-0.2, -0.15) is 8.78 Å². The molecular formula is C16H24F2N2O. The number of alkyl halides is 2. The molecule has 0 unspecified atom stereocenters. The van der Waals surface area contributed by atoms with Crippen molar-refractivity contribution in [3.8, 4) is 5.75 Å². The zero-order chi connectivity index (χ0) is 15.1. The molecule has 1 aromatic rings. The summed E-state index contributed by atoms with van der Waals surface area (Å²) in [5.74, 6) is 0.225. The van der Waals surface area contributed by atoms with Gasteiger partial charge in [0.15, 0.2) is 0 Å². The van der Waals surface area contributed by atoms with E-state index >= 15 is 0 Å². The molecule has 0 radical (unpaired) electrons. The van der Waals surface area contributed by atoms with E-state index in [1.54, 1.807) is 12.1 Å². The maximum atomic E-state index is 12.2. The normalized spacial score (nSPS) is 17.9. The lowest BCUT2D eigenvalue weighted by Crippen LogP contribution is -2.45. The fourth-order valence-corrected chi connectivity index (χ4v) is 2.82. The average Bonchev–Trinajstić information content (AvgIpc) is 2.50. The van der Waals surface area contributed by atoms with Crippen LogP contribution in [0.25, 0.3) is 0 Å². The molecule has 5 heteroatoms. The zero-order valence-electron chi connectivity index (χ0n) is 12.5. The van der Waals surface area contributed by atoms with Crippen LogP contribution in [0.2, 0.25) is 0 Å². The number of hydrogen-bond donors (Lipinski definition) is 1. The lowest BCUT2D eigenvalue weighted by molar-refractivity contribution is -0.0498. The molecule has 0 saturated carbocycles. The number of rotatable bonds is 7. The monoisotopic (exact) mass is 298 g/mol. The van der Waals surface area contributed by atoms with E-state index in [1.807, 2.05) is 12.1 Å². The van der Waals surface area contributed by atoms with Crippen LogP contribution >= 0.6 is 0 Å². The van der Waals surface area contributed by atoms with E-state index in [2.05, 4.69) is 21.9 Å². The molecule has 1 saturated heterocycles. The van der Waals surface area contributed by atoms with Gasteiger partial charge in [0, 0.05) is 32.2 Å². The Kier molecular flexibility index (Phi) is 6.39. The van der Waals surface area contributed by atoms with Gasteiger partial charge in [-0.1, -0.05) is 31.9 Å². The number of ether oxygens (including phenoxy) is 1. The molecule has 21 heavy (non-hydrogen) atoms. The van der Waals surface area contributed by atoms with Gasteiger partial charge in [0.05, 0.1) is 0 Å². The summed E-state index contributed by atoms with van der Waals surface area (Å²) in [6, 6.07) is 7.48. The van der Waals surface area contributed by atoms with Crippen molar-refractivity contribution >= 4 is 0 Å². The van der Waals surface area contributed by atoms with Gasteiger partial charge in [0.25, 0.3) is 0 Å². The van der Waals surface area contributed by atoms with Gasteiger partial charge in [0.1, 0.15) is 5.75 Å². The smallest absolute Gasteiger partial charge is 0.387 e. The molecule has 1 fully saturated rings. The van der Waals surface area contributed by atoms with Crippen LogP contribution in [0.3, 0.4) is 0 Å². The third-order valence-corrected chi connectivity index (χ3v) is 3.91. The Hall–Kier alpha value is -1.20. The first-order valence-electron chi connectivity index (χ1n) is 7.70. The molecule has 3 nitrogen and oxygen atoms in total. The standard InChI is InChI=1S/C16H24F2N2O/c1-2-3-4-15(20-11-9-19-10-12-20)13-5-7-14(8-6-13)21-16(17)18/h5-8,15-16,19H,2-4,9-12H2,1H3/t15-/m1/s1. The predicted molar refractivity (Wildman–Crippen MR) is 79.8 cm³/mol. The number of nitrogens with zero attached hydrogens (tertiary/aromatic N) is 1. The third kappa shape index (κ3) is 4.93. The van der Waals surface area contributed by atoms with E-state index in [0.717, 1.165) is 39.0 Å². The predicted octanol–water partition coefficient (Wildman–Crippen LogP) is 3.42. The van der Waals surface area contributed by atoms with Crippen LogP contribution in [-0.4, -0.2) is 37.7 Å². The Morgan fingerprint density at radius 3 is 2.43 bits per heavy atom. The van der Waals surface area contributed by atoms with E-state index in [1.165, 1.54) is 12.0 Å². The van der Waals surface area contributed by atoms with Gasteiger partial charge < -0.3 is 10.1 Å². The highest BCUT2D eigenvalue weighted by Crippen LogP contribution is 2.28. The van der Waals surface area contributed by atoms with Gasteiger partial charge in [-0.15, -0.1) is 0 Å². The van der Waals surface area contributed by atoms with Crippen LogP contribution in [-0.2, 0) is 0 Å². The molecule has 0 spiro atoms. The van der Waals surface area contributed by atoms with Crippen molar-refractivity contribution in [2.24, 2.45) is 0 Å². The van der Waals surface area contributed by atoms with E-state index < -0.39 is 6.61 Å². The van der Waals surface area contributed by atoms with Crippen molar-refractivity contribution in [1.82, 2.24) is 10.2 Å². The van der Waals surface area contributed by atoms with Gasteiger partial charge >= 0.3 is 6.61 Å². The summed E-state index contributed by atoms with van der Waals surface area (Å²) in [4.78, 5) is 2.48. The Morgan fingerprint density at radius 1 is 1.19 bits per heavy atom. The minimum absolute atomic E-state index is 0.225. The van der Waals surface area contributed by atoms with E-state index in [-0.39, 0.29) is 5.75 Å². The molecular weight excluding hydrogens is 274 g/mol. The molecule has 0 aliphatic carbocycles. The zero-order valence-corrected chi connectivity index (χ0v) is 12.5.